The molecule has 0 N–H and O–H groups in total. The summed E-state index contributed by atoms with van der Waals surface area (Å²) in [6, 6.07) is 25.3. The van der Waals surface area contributed by atoms with Crippen LogP contribution >= 0.6 is 11.3 Å². The van der Waals surface area contributed by atoms with Gasteiger partial charge in [0.05, 0.1) is 0 Å². The second-order valence-corrected chi connectivity index (χ2v) is 8.27. The Hall–Kier alpha value is -2.84. The van der Waals surface area contributed by atoms with E-state index >= 15 is 0 Å². The van der Waals surface area contributed by atoms with Gasteiger partial charge in [0.15, 0.2) is 5.60 Å². The van der Waals surface area contributed by atoms with Crippen molar-refractivity contribution >= 4 is 27.5 Å². The smallest absolute Gasteiger partial charge is 0.178 e. The monoisotopic (exact) mass is 368 g/mol. The Labute approximate surface area is 163 Å². The summed E-state index contributed by atoms with van der Waals surface area (Å²) in [6.45, 7) is 4.39. The molecule has 0 spiro atoms. The highest BCUT2D eigenvalue weighted by Crippen LogP contribution is 2.46. The van der Waals surface area contributed by atoms with Crippen molar-refractivity contribution in [2.75, 3.05) is 0 Å². The van der Waals surface area contributed by atoms with Crippen LogP contribution in [0.5, 0.6) is 5.75 Å². The fourth-order valence-electron chi connectivity index (χ4n) is 3.91. The molecule has 0 atom stereocenters. The van der Waals surface area contributed by atoms with Gasteiger partial charge in [-0.3, -0.25) is 0 Å². The van der Waals surface area contributed by atoms with Crippen molar-refractivity contribution < 1.29 is 4.74 Å². The van der Waals surface area contributed by atoms with Gasteiger partial charge in [0.2, 0.25) is 0 Å². The minimum Gasteiger partial charge on any atom is -0.473 e. The molecular formula is C25H20OS. The Morgan fingerprint density at radius 3 is 2.04 bits per heavy atom. The summed E-state index contributed by atoms with van der Waals surface area (Å²) in [6.07, 6.45) is 4.46. The molecule has 0 unspecified atom stereocenters. The number of ether oxygens (including phenoxy) is 1. The summed E-state index contributed by atoms with van der Waals surface area (Å²) >= 11 is 1.85. The Bertz CT molecular complexity index is 1110. The van der Waals surface area contributed by atoms with E-state index in [1.807, 2.05) is 23.5 Å². The number of rotatable bonds is 2. The van der Waals surface area contributed by atoms with E-state index in [4.69, 9.17) is 4.74 Å². The fraction of sp³-hybridized carbons (Fsp3) is 0.120. The van der Waals surface area contributed by atoms with Crippen LogP contribution in [-0.4, -0.2) is 0 Å². The quantitative estimate of drug-likeness (QED) is 0.375. The van der Waals surface area contributed by atoms with Gasteiger partial charge >= 0.3 is 0 Å². The molecule has 0 fully saturated rings. The number of hydrogen-bond donors (Lipinski definition) is 0. The second-order valence-electron chi connectivity index (χ2n) is 7.04. The minimum atomic E-state index is -0.607. The summed E-state index contributed by atoms with van der Waals surface area (Å²) in [5.41, 5.74) is 4.23. The molecule has 2 heteroatoms. The lowest BCUT2D eigenvalue weighted by molar-refractivity contribution is 0.161. The van der Waals surface area contributed by atoms with Gasteiger partial charge in [-0.05, 0) is 49.1 Å². The van der Waals surface area contributed by atoms with Gasteiger partial charge in [0, 0.05) is 26.3 Å². The van der Waals surface area contributed by atoms with Crippen molar-refractivity contribution in [3.8, 4) is 5.75 Å². The van der Waals surface area contributed by atoms with E-state index in [0.29, 0.717) is 0 Å². The zero-order valence-corrected chi connectivity index (χ0v) is 16.2. The molecule has 1 aromatic heterocycles. The van der Waals surface area contributed by atoms with Crippen LogP contribution in [0.25, 0.3) is 16.2 Å². The van der Waals surface area contributed by atoms with Gasteiger partial charge in [-0.15, -0.1) is 11.3 Å². The van der Waals surface area contributed by atoms with Crippen LogP contribution in [0.1, 0.15) is 27.1 Å². The van der Waals surface area contributed by atoms with E-state index in [2.05, 4.69) is 86.7 Å². The molecule has 1 aliphatic rings. The lowest BCUT2D eigenvalue weighted by atomic mass is 9.83. The van der Waals surface area contributed by atoms with Crippen molar-refractivity contribution in [3.63, 3.8) is 0 Å². The van der Waals surface area contributed by atoms with Crippen LogP contribution in [-0.2, 0) is 5.60 Å². The van der Waals surface area contributed by atoms with Gasteiger partial charge in [-0.25, -0.2) is 0 Å². The van der Waals surface area contributed by atoms with E-state index < -0.39 is 5.60 Å². The molecule has 0 aliphatic carbocycles. The zero-order chi connectivity index (χ0) is 18.4. The fourth-order valence-corrected chi connectivity index (χ4v) is 5.09. The topological polar surface area (TPSA) is 9.23 Å². The highest BCUT2D eigenvalue weighted by Gasteiger charge is 2.37. The highest BCUT2D eigenvalue weighted by atomic mass is 32.1. The molecular weight excluding hydrogens is 348 g/mol. The van der Waals surface area contributed by atoms with E-state index in [1.165, 1.54) is 26.1 Å². The van der Waals surface area contributed by atoms with E-state index in [0.717, 1.165) is 16.9 Å². The molecule has 0 saturated carbocycles. The number of fused-ring (bicyclic) bond motifs is 3. The van der Waals surface area contributed by atoms with E-state index in [-0.39, 0.29) is 0 Å². The Balaban J connectivity index is 1.75. The number of aryl methyl sites for hydroxylation is 2. The van der Waals surface area contributed by atoms with Crippen molar-refractivity contribution in [1.82, 2.24) is 0 Å². The van der Waals surface area contributed by atoms with Crippen LogP contribution in [0.3, 0.4) is 0 Å². The van der Waals surface area contributed by atoms with Gasteiger partial charge < -0.3 is 4.74 Å². The normalized spacial score (nSPS) is 14.7. The maximum atomic E-state index is 6.77. The molecule has 132 valence electrons. The molecule has 0 bridgehead atoms. The minimum absolute atomic E-state index is 0.607. The summed E-state index contributed by atoms with van der Waals surface area (Å²) in [5, 5.41) is 1.33. The lowest BCUT2D eigenvalue weighted by Crippen LogP contribution is -2.34. The summed E-state index contributed by atoms with van der Waals surface area (Å²) in [5.74, 6) is 0.943. The third kappa shape index (κ3) is 2.44. The predicted molar refractivity (Wildman–Crippen MR) is 115 cm³/mol. The van der Waals surface area contributed by atoms with Gasteiger partial charge in [0.25, 0.3) is 0 Å². The molecule has 27 heavy (non-hydrogen) atoms. The Morgan fingerprint density at radius 2 is 1.41 bits per heavy atom. The third-order valence-corrected chi connectivity index (χ3v) is 6.76. The summed E-state index contributed by atoms with van der Waals surface area (Å²) in [4.78, 5) is 1.37. The van der Waals surface area contributed by atoms with Crippen molar-refractivity contribution in [1.29, 1.82) is 0 Å². The standard InChI is InChI=1S/C25H20OS/c1-17-18(2)27-24-21(17)13-14-23-22(24)15-16-25(26-23,19-9-5-3-6-10-19)20-11-7-4-8-12-20/h3-16H,1-2H3. The number of hydrogen-bond acceptors (Lipinski definition) is 2. The first kappa shape index (κ1) is 16.3. The molecule has 1 aliphatic heterocycles. The van der Waals surface area contributed by atoms with Crippen molar-refractivity contribution in [3.05, 3.63) is 106 Å². The average Bonchev–Trinajstić information content (AvgIpc) is 3.03. The molecule has 5 rings (SSSR count). The molecule has 4 aromatic rings. The first-order valence-corrected chi connectivity index (χ1v) is 10.0. The molecule has 0 radical (unpaired) electrons. The Morgan fingerprint density at radius 1 is 0.778 bits per heavy atom. The van der Waals surface area contributed by atoms with Crippen molar-refractivity contribution in [2.45, 2.75) is 19.4 Å². The molecule has 3 aromatic carbocycles. The van der Waals surface area contributed by atoms with Crippen LogP contribution < -0.4 is 4.74 Å². The Kier molecular flexibility index (Phi) is 3.70. The first-order chi connectivity index (χ1) is 13.2. The number of benzene rings is 3. The van der Waals surface area contributed by atoms with Crippen LogP contribution in [0, 0.1) is 13.8 Å². The van der Waals surface area contributed by atoms with Crippen molar-refractivity contribution in [2.24, 2.45) is 0 Å². The zero-order valence-electron chi connectivity index (χ0n) is 15.4. The molecule has 2 heterocycles. The third-order valence-electron chi connectivity index (χ3n) is 5.50. The average molecular weight is 369 g/mol. The van der Waals surface area contributed by atoms with Crippen LogP contribution in [0.4, 0.5) is 0 Å². The molecule has 0 amide bonds. The SMILES string of the molecule is Cc1sc2c3c(ccc2c1C)OC(c1ccccc1)(c1ccccc1)C=C3. The molecule has 1 nitrogen and oxygen atoms in total. The van der Waals surface area contributed by atoms with E-state index in [1.54, 1.807) is 0 Å². The number of thiophene rings is 1. The second kappa shape index (κ2) is 6.11. The summed E-state index contributed by atoms with van der Waals surface area (Å²) in [7, 11) is 0. The summed E-state index contributed by atoms with van der Waals surface area (Å²) < 4.78 is 8.08. The highest BCUT2D eigenvalue weighted by molar-refractivity contribution is 7.19. The van der Waals surface area contributed by atoms with E-state index in [9.17, 15) is 0 Å². The molecule has 0 saturated heterocycles. The van der Waals surface area contributed by atoms with Crippen LogP contribution in [0.15, 0.2) is 78.9 Å². The maximum Gasteiger partial charge on any atom is 0.178 e. The van der Waals surface area contributed by atoms with Gasteiger partial charge in [-0.1, -0.05) is 60.7 Å². The van der Waals surface area contributed by atoms with Gasteiger partial charge in [0.1, 0.15) is 5.75 Å². The first-order valence-electron chi connectivity index (χ1n) is 9.21. The van der Waals surface area contributed by atoms with Gasteiger partial charge in [-0.2, -0.15) is 0 Å². The lowest BCUT2D eigenvalue weighted by Gasteiger charge is -2.36. The maximum absolute atomic E-state index is 6.77. The largest absolute Gasteiger partial charge is 0.473 e. The predicted octanol–water partition coefficient (Wildman–Crippen LogP) is 6.87. The van der Waals surface area contributed by atoms with Crippen LogP contribution in [0.2, 0.25) is 0 Å².